The van der Waals surface area contributed by atoms with Crippen molar-refractivity contribution in [2.45, 2.75) is 35.2 Å². The van der Waals surface area contributed by atoms with E-state index in [0.717, 1.165) is 41.5 Å². The van der Waals surface area contributed by atoms with Crippen molar-refractivity contribution in [2.75, 3.05) is 23.7 Å². The van der Waals surface area contributed by atoms with Crippen LogP contribution in [0.5, 0.6) is 0 Å². The number of aromatic nitrogens is 2. The summed E-state index contributed by atoms with van der Waals surface area (Å²) in [6, 6.07) is 5.83. The van der Waals surface area contributed by atoms with Gasteiger partial charge in [0.05, 0.1) is 10.7 Å². The van der Waals surface area contributed by atoms with Crippen LogP contribution >= 0.6 is 23.4 Å². The molecule has 1 fully saturated rings. The van der Waals surface area contributed by atoms with Gasteiger partial charge in [0.15, 0.2) is 0 Å². The van der Waals surface area contributed by atoms with Crippen LogP contribution in [0.25, 0.3) is 0 Å². The van der Waals surface area contributed by atoms with Crippen LogP contribution in [0.3, 0.4) is 0 Å². The van der Waals surface area contributed by atoms with Gasteiger partial charge < -0.3 is 16.4 Å². The van der Waals surface area contributed by atoms with E-state index >= 15 is 0 Å². The van der Waals surface area contributed by atoms with Gasteiger partial charge in [-0.3, -0.25) is 0 Å². The monoisotopic (exact) mass is 348 g/mol. The Balaban J connectivity index is 1.69. The first-order valence-corrected chi connectivity index (χ1v) is 8.64. The number of pyridine rings is 2. The number of nitrogens with two attached hydrogens (primary N) is 2. The Bertz CT molecular complexity index is 679. The lowest BCUT2D eigenvalue weighted by Crippen LogP contribution is -2.48. The largest absolute Gasteiger partial charge is 0.382 e. The maximum absolute atomic E-state index is 6.17. The van der Waals surface area contributed by atoms with Gasteiger partial charge in [0, 0.05) is 29.7 Å². The third-order valence-electron chi connectivity index (χ3n) is 4.01. The molecule has 23 heavy (non-hydrogen) atoms. The molecular weight excluding hydrogens is 330 g/mol. The summed E-state index contributed by atoms with van der Waals surface area (Å²) in [5, 5.41) is 1.28. The SMILES string of the molecule is CC1(N)CCN(c2[c]nc(Sc3ccnc(N)c3Cl)cc2)CC1. The second kappa shape index (κ2) is 6.55. The molecular formula is C16H19ClN5S. The standard InChI is InChI=1S/C16H19ClN5S/c1-16(19)5-8-22(9-6-16)11-2-3-13(21-10-11)23-12-4-7-20-15(18)14(12)17/h2-4,7H,5-6,8-9,19H2,1H3,(H2,18,20). The molecule has 0 unspecified atom stereocenters. The van der Waals surface area contributed by atoms with Gasteiger partial charge in [-0.1, -0.05) is 23.4 Å². The third-order valence-corrected chi connectivity index (χ3v) is 5.51. The quantitative estimate of drug-likeness (QED) is 0.887. The second-order valence-electron chi connectivity index (χ2n) is 6.03. The first-order valence-electron chi connectivity index (χ1n) is 7.45. The highest BCUT2D eigenvalue weighted by Gasteiger charge is 2.26. The van der Waals surface area contributed by atoms with Crippen LogP contribution < -0.4 is 16.4 Å². The molecule has 1 aliphatic rings. The zero-order chi connectivity index (χ0) is 16.4. The molecule has 0 aromatic carbocycles. The fourth-order valence-corrected chi connectivity index (χ4v) is 3.46. The Morgan fingerprint density at radius 2 is 2.04 bits per heavy atom. The average Bonchev–Trinajstić information content (AvgIpc) is 2.53. The van der Waals surface area contributed by atoms with E-state index in [9.17, 15) is 0 Å². The van der Waals surface area contributed by atoms with Crippen LogP contribution in [-0.2, 0) is 0 Å². The average molecular weight is 349 g/mol. The maximum Gasteiger partial charge on any atom is 0.143 e. The number of anilines is 2. The van der Waals surface area contributed by atoms with E-state index in [0.29, 0.717) is 10.8 Å². The number of halogens is 1. The summed E-state index contributed by atoms with van der Waals surface area (Å²) in [6.45, 7) is 3.98. The van der Waals surface area contributed by atoms with Gasteiger partial charge in [0.2, 0.25) is 0 Å². The van der Waals surface area contributed by atoms with Gasteiger partial charge >= 0.3 is 0 Å². The predicted molar refractivity (Wildman–Crippen MR) is 94.9 cm³/mol. The normalized spacial score (nSPS) is 17.3. The molecule has 3 heterocycles. The minimum Gasteiger partial charge on any atom is -0.382 e. The topological polar surface area (TPSA) is 81.1 Å². The van der Waals surface area contributed by atoms with Crippen molar-refractivity contribution in [1.29, 1.82) is 0 Å². The van der Waals surface area contributed by atoms with Crippen LogP contribution in [0.2, 0.25) is 5.02 Å². The lowest BCUT2D eigenvalue weighted by atomic mass is 9.91. The number of nitrogen functional groups attached to an aromatic ring is 1. The summed E-state index contributed by atoms with van der Waals surface area (Å²) in [5.41, 5.74) is 12.8. The maximum atomic E-state index is 6.17. The molecule has 0 amide bonds. The number of rotatable bonds is 3. The van der Waals surface area contributed by atoms with Crippen LogP contribution in [0.1, 0.15) is 19.8 Å². The summed E-state index contributed by atoms with van der Waals surface area (Å²) < 4.78 is 0. The van der Waals surface area contributed by atoms with Crippen molar-refractivity contribution in [1.82, 2.24) is 9.97 Å². The molecule has 5 nitrogen and oxygen atoms in total. The molecule has 1 aliphatic heterocycles. The number of hydrogen-bond acceptors (Lipinski definition) is 6. The number of piperidine rings is 1. The van der Waals surface area contributed by atoms with Crippen molar-refractivity contribution in [2.24, 2.45) is 5.73 Å². The Hall–Kier alpha value is -1.50. The summed E-state index contributed by atoms with van der Waals surface area (Å²) in [5.74, 6) is 0.329. The van der Waals surface area contributed by atoms with E-state index in [1.165, 1.54) is 11.8 Å². The highest BCUT2D eigenvalue weighted by Crippen LogP contribution is 2.34. The van der Waals surface area contributed by atoms with Gasteiger partial charge in [-0.2, -0.15) is 0 Å². The molecule has 0 spiro atoms. The van der Waals surface area contributed by atoms with E-state index in [2.05, 4.69) is 28.0 Å². The molecule has 0 bridgehead atoms. The lowest BCUT2D eigenvalue weighted by molar-refractivity contribution is 0.364. The summed E-state index contributed by atoms with van der Waals surface area (Å²) in [4.78, 5) is 11.5. The molecule has 4 N–H and O–H groups in total. The minimum atomic E-state index is -0.0578. The van der Waals surface area contributed by atoms with E-state index in [-0.39, 0.29) is 5.54 Å². The van der Waals surface area contributed by atoms with Crippen molar-refractivity contribution in [3.8, 4) is 0 Å². The molecule has 2 aromatic rings. The fourth-order valence-electron chi connectivity index (χ4n) is 2.46. The molecule has 0 saturated carbocycles. The van der Waals surface area contributed by atoms with Crippen LogP contribution in [0.15, 0.2) is 34.3 Å². The van der Waals surface area contributed by atoms with E-state index in [4.69, 9.17) is 23.1 Å². The van der Waals surface area contributed by atoms with Crippen LogP contribution in [0.4, 0.5) is 11.5 Å². The van der Waals surface area contributed by atoms with Crippen molar-refractivity contribution >= 4 is 34.9 Å². The fraction of sp³-hybridized carbons (Fsp3) is 0.375. The Morgan fingerprint density at radius 1 is 1.30 bits per heavy atom. The molecule has 1 radical (unpaired) electrons. The second-order valence-corrected chi connectivity index (χ2v) is 7.47. The summed E-state index contributed by atoms with van der Waals surface area (Å²) >= 11 is 7.61. The molecule has 1 saturated heterocycles. The lowest BCUT2D eigenvalue weighted by Gasteiger charge is -2.37. The molecule has 0 atom stereocenters. The Morgan fingerprint density at radius 3 is 2.70 bits per heavy atom. The van der Waals surface area contributed by atoms with Gasteiger partial charge in [-0.15, -0.1) is 0 Å². The van der Waals surface area contributed by atoms with Crippen LogP contribution in [-0.4, -0.2) is 28.6 Å². The van der Waals surface area contributed by atoms with E-state index in [1.54, 1.807) is 6.20 Å². The van der Waals surface area contributed by atoms with Gasteiger partial charge in [0.1, 0.15) is 17.0 Å². The van der Waals surface area contributed by atoms with Gasteiger partial charge in [0.25, 0.3) is 0 Å². The zero-order valence-corrected chi connectivity index (χ0v) is 14.5. The van der Waals surface area contributed by atoms with Gasteiger partial charge in [-0.05, 0) is 38.0 Å². The third kappa shape index (κ3) is 3.88. The first kappa shape index (κ1) is 16.4. The van der Waals surface area contributed by atoms with Crippen LogP contribution in [0, 0.1) is 6.20 Å². The van der Waals surface area contributed by atoms with E-state index < -0.39 is 0 Å². The first-order chi connectivity index (χ1) is 10.9. The minimum absolute atomic E-state index is 0.0578. The van der Waals surface area contributed by atoms with Crippen molar-refractivity contribution in [3.63, 3.8) is 0 Å². The van der Waals surface area contributed by atoms with Crippen molar-refractivity contribution < 1.29 is 0 Å². The number of hydrogen-bond donors (Lipinski definition) is 2. The Labute approximate surface area is 145 Å². The van der Waals surface area contributed by atoms with Gasteiger partial charge in [-0.25, -0.2) is 9.97 Å². The zero-order valence-electron chi connectivity index (χ0n) is 12.9. The summed E-state index contributed by atoms with van der Waals surface area (Å²) in [6.07, 6.45) is 6.70. The molecule has 0 aliphatic carbocycles. The molecule has 3 rings (SSSR count). The Kier molecular flexibility index (Phi) is 4.66. The molecule has 121 valence electrons. The predicted octanol–water partition coefficient (Wildman–Crippen LogP) is 2.98. The van der Waals surface area contributed by atoms with E-state index in [1.807, 2.05) is 18.2 Å². The highest BCUT2D eigenvalue weighted by atomic mass is 35.5. The summed E-state index contributed by atoms with van der Waals surface area (Å²) in [7, 11) is 0. The molecule has 7 heteroatoms. The molecule has 2 aromatic heterocycles. The number of nitrogens with zero attached hydrogens (tertiary/aromatic N) is 3. The highest BCUT2D eigenvalue weighted by molar-refractivity contribution is 7.99. The smallest absolute Gasteiger partial charge is 0.143 e. The van der Waals surface area contributed by atoms with Crippen molar-refractivity contribution in [3.05, 3.63) is 35.6 Å².